The molecule has 23 heavy (non-hydrogen) atoms. The van der Waals surface area contributed by atoms with Gasteiger partial charge in [0.05, 0.1) is 5.56 Å². The van der Waals surface area contributed by atoms with E-state index in [9.17, 15) is 4.79 Å². The third-order valence-corrected chi connectivity index (χ3v) is 4.59. The van der Waals surface area contributed by atoms with Gasteiger partial charge < -0.3 is 9.47 Å². The van der Waals surface area contributed by atoms with Crippen molar-refractivity contribution in [1.82, 2.24) is 0 Å². The Morgan fingerprint density at radius 3 is 2.35 bits per heavy atom. The monoisotopic (exact) mass is 310 g/mol. The number of Topliss-reactive ketones (excluding diaryl/α,β-unsaturated/α-hetero) is 1. The van der Waals surface area contributed by atoms with Crippen molar-refractivity contribution in [2.24, 2.45) is 0 Å². The lowest BCUT2D eigenvalue weighted by Gasteiger charge is -2.33. The van der Waals surface area contributed by atoms with Gasteiger partial charge in [-0.15, -0.1) is 0 Å². The smallest absolute Gasteiger partial charge is 0.199 e. The number of hydrogen-bond donors (Lipinski definition) is 0. The lowest BCUT2D eigenvalue weighted by Crippen LogP contribution is -2.38. The van der Waals surface area contributed by atoms with Gasteiger partial charge in [-0.1, -0.05) is 24.3 Å². The Morgan fingerprint density at radius 1 is 0.957 bits per heavy atom. The number of methoxy groups -OCH3 is 1. The lowest BCUT2D eigenvalue weighted by molar-refractivity contribution is -0.000758. The van der Waals surface area contributed by atoms with Crippen molar-refractivity contribution >= 4 is 5.78 Å². The molecule has 0 aromatic heterocycles. The number of ether oxygens (including phenoxy) is 2. The Kier molecular flexibility index (Phi) is 3.99. The van der Waals surface area contributed by atoms with E-state index >= 15 is 0 Å². The molecule has 1 heterocycles. The van der Waals surface area contributed by atoms with Crippen LogP contribution < -0.4 is 4.74 Å². The SMILES string of the molecule is CO[C@@H]1C(=O)c2c(C)cc(C)cc2OC1c1ccc(C)c(C)c1. The number of aryl methyl sites for hydroxylation is 4. The second kappa shape index (κ2) is 5.82. The first-order valence-corrected chi connectivity index (χ1v) is 7.84. The van der Waals surface area contributed by atoms with Crippen LogP contribution in [-0.4, -0.2) is 19.0 Å². The third kappa shape index (κ3) is 2.66. The van der Waals surface area contributed by atoms with Crippen LogP contribution in [-0.2, 0) is 4.74 Å². The Labute approximate surface area is 137 Å². The summed E-state index contributed by atoms with van der Waals surface area (Å²) in [4.78, 5) is 12.9. The number of rotatable bonds is 2. The van der Waals surface area contributed by atoms with Crippen molar-refractivity contribution < 1.29 is 14.3 Å². The summed E-state index contributed by atoms with van der Waals surface area (Å²) in [5, 5.41) is 0. The molecule has 0 fully saturated rings. The highest BCUT2D eigenvalue weighted by atomic mass is 16.5. The number of ketones is 1. The molecule has 0 saturated heterocycles. The second-order valence-corrected chi connectivity index (χ2v) is 6.36. The van der Waals surface area contributed by atoms with Gasteiger partial charge in [-0.3, -0.25) is 4.79 Å². The molecule has 0 saturated carbocycles. The van der Waals surface area contributed by atoms with Crippen molar-refractivity contribution in [1.29, 1.82) is 0 Å². The van der Waals surface area contributed by atoms with Gasteiger partial charge in [-0.25, -0.2) is 0 Å². The molecule has 0 spiro atoms. The molecule has 2 atom stereocenters. The Morgan fingerprint density at radius 2 is 1.70 bits per heavy atom. The van der Waals surface area contributed by atoms with Crippen LogP contribution in [0.3, 0.4) is 0 Å². The van der Waals surface area contributed by atoms with Crippen LogP contribution in [0, 0.1) is 27.7 Å². The van der Waals surface area contributed by atoms with Gasteiger partial charge in [-0.05, 0) is 61.6 Å². The molecule has 2 aromatic rings. The maximum absolute atomic E-state index is 12.9. The zero-order valence-electron chi connectivity index (χ0n) is 14.3. The minimum Gasteiger partial charge on any atom is -0.482 e. The van der Waals surface area contributed by atoms with Crippen molar-refractivity contribution in [3.05, 3.63) is 63.7 Å². The number of carbonyl (C=O) groups is 1. The summed E-state index contributed by atoms with van der Waals surface area (Å²) in [7, 11) is 1.56. The highest BCUT2D eigenvalue weighted by Crippen LogP contribution is 2.38. The molecular formula is C20H22O3. The molecule has 2 aromatic carbocycles. The van der Waals surface area contributed by atoms with Crippen molar-refractivity contribution in [3.63, 3.8) is 0 Å². The van der Waals surface area contributed by atoms with Gasteiger partial charge in [0.1, 0.15) is 5.75 Å². The van der Waals surface area contributed by atoms with E-state index in [1.165, 1.54) is 11.1 Å². The summed E-state index contributed by atoms with van der Waals surface area (Å²) >= 11 is 0. The van der Waals surface area contributed by atoms with E-state index in [0.717, 1.165) is 16.7 Å². The van der Waals surface area contributed by atoms with Gasteiger partial charge in [0.25, 0.3) is 0 Å². The van der Waals surface area contributed by atoms with E-state index in [0.29, 0.717) is 11.3 Å². The third-order valence-electron chi connectivity index (χ3n) is 4.59. The summed E-state index contributed by atoms with van der Waals surface area (Å²) in [6, 6.07) is 10.1. The van der Waals surface area contributed by atoms with Gasteiger partial charge in [0.2, 0.25) is 0 Å². The first kappa shape index (κ1) is 15.8. The molecule has 3 nitrogen and oxygen atoms in total. The van der Waals surface area contributed by atoms with Gasteiger partial charge in [-0.2, -0.15) is 0 Å². The second-order valence-electron chi connectivity index (χ2n) is 6.36. The van der Waals surface area contributed by atoms with Crippen LogP contribution in [0.15, 0.2) is 30.3 Å². The molecular weight excluding hydrogens is 288 g/mol. The van der Waals surface area contributed by atoms with Crippen molar-refractivity contribution in [2.75, 3.05) is 7.11 Å². The Hall–Kier alpha value is -2.13. The highest BCUT2D eigenvalue weighted by molar-refractivity contribution is 6.04. The van der Waals surface area contributed by atoms with Crippen molar-refractivity contribution in [3.8, 4) is 5.75 Å². The van der Waals surface area contributed by atoms with Crippen LogP contribution >= 0.6 is 0 Å². The standard InChI is InChI=1S/C20H22O3/c1-11-8-14(4)17-16(9-11)23-19(20(22-5)18(17)21)15-7-6-12(2)13(3)10-15/h6-10,19-20H,1-5H3/t19?,20-/m1/s1. The number of benzene rings is 2. The normalized spacial score (nSPS) is 20.1. The van der Waals surface area contributed by atoms with E-state index in [4.69, 9.17) is 9.47 Å². The van der Waals surface area contributed by atoms with E-state index in [2.05, 4.69) is 26.0 Å². The molecule has 1 aliphatic rings. The summed E-state index contributed by atoms with van der Waals surface area (Å²) in [6.45, 7) is 8.08. The summed E-state index contributed by atoms with van der Waals surface area (Å²) < 4.78 is 11.7. The quantitative estimate of drug-likeness (QED) is 0.832. The van der Waals surface area contributed by atoms with E-state index in [1.54, 1.807) is 7.11 Å². The molecule has 1 aliphatic heterocycles. The van der Waals surface area contributed by atoms with Crippen molar-refractivity contribution in [2.45, 2.75) is 39.9 Å². The number of fused-ring (bicyclic) bond motifs is 1. The van der Waals surface area contributed by atoms with Crippen LogP contribution in [0.5, 0.6) is 5.75 Å². The number of hydrogen-bond acceptors (Lipinski definition) is 3. The molecule has 1 unspecified atom stereocenters. The molecule has 0 aliphatic carbocycles. The molecule has 3 rings (SSSR count). The molecule has 120 valence electrons. The minimum atomic E-state index is -0.619. The highest BCUT2D eigenvalue weighted by Gasteiger charge is 2.39. The maximum Gasteiger partial charge on any atom is 0.199 e. The fourth-order valence-corrected chi connectivity index (χ4v) is 3.23. The molecule has 3 heteroatoms. The summed E-state index contributed by atoms with van der Waals surface area (Å²) in [6.07, 6.45) is -1.04. The Bertz CT molecular complexity index is 777. The first-order valence-electron chi connectivity index (χ1n) is 7.84. The predicted molar refractivity (Wildman–Crippen MR) is 90.3 cm³/mol. The summed E-state index contributed by atoms with van der Waals surface area (Å²) in [5.74, 6) is 0.651. The lowest BCUT2D eigenvalue weighted by atomic mass is 9.89. The largest absolute Gasteiger partial charge is 0.482 e. The first-order chi connectivity index (χ1) is 10.9. The molecule has 0 N–H and O–H groups in total. The molecule has 0 bridgehead atoms. The van der Waals surface area contributed by atoms with E-state index in [1.807, 2.05) is 32.0 Å². The fraction of sp³-hybridized carbons (Fsp3) is 0.350. The number of carbonyl (C=O) groups excluding carboxylic acids is 1. The maximum atomic E-state index is 12.9. The van der Waals surface area contributed by atoms with Crippen LogP contribution in [0.4, 0.5) is 0 Å². The molecule has 0 radical (unpaired) electrons. The average Bonchev–Trinajstić information content (AvgIpc) is 2.49. The Balaban J connectivity index is 2.11. The average molecular weight is 310 g/mol. The van der Waals surface area contributed by atoms with Crippen LogP contribution in [0.1, 0.15) is 44.3 Å². The van der Waals surface area contributed by atoms with Gasteiger partial charge in [0, 0.05) is 7.11 Å². The van der Waals surface area contributed by atoms with Gasteiger partial charge in [0.15, 0.2) is 18.0 Å². The summed E-state index contributed by atoms with van der Waals surface area (Å²) in [5.41, 5.74) is 6.03. The van der Waals surface area contributed by atoms with Crippen LogP contribution in [0.25, 0.3) is 0 Å². The fourth-order valence-electron chi connectivity index (χ4n) is 3.23. The molecule has 0 amide bonds. The minimum absolute atomic E-state index is 0.00511. The topological polar surface area (TPSA) is 35.5 Å². The van der Waals surface area contributed by atoms with E-state index in [-0.39, 0.29) is 5.78 Å². The van der Waals surface area contributed by atoms with Gasteiger partial charge >= 0.3 is 0 Å². The van der Waals surface area contributed by atoms with Crippen LogP contribution in [0.2, 0.25) is 0 Å². The zero-order valence-corrected chi connectivity index (χ0v) is 14.3. The predicted octanol–water partition coefficient (Wildman–Crippen LogP) is 4.25. The van der Waals surface area contributed by atoms with E-state index < -0.39 is 12.2 Å². The zero-order chi connectivity index (χ0) is 16.7.